The lowest BCUT2D eigenvalue weighted by Crippen LogP contribution is -2.01. The molecule has 18 heavy (non-hydrogen) atoms. The number of hydrogen-bond donors (Lipinski definition) is 6. The minimum atomic E-state index is 0.104. The van der Waals surface area contributed by atoms with Gasteiger partial charge in [0.1, 0.15) is 23.3 Å². The van der Waals surface area contributed by atoms with Crippen molar-refractivity contribution in [2.45, 2.75) is 0 Å². The van der Waals surface area contributed by atoms with Crippen LogP contribution in [0.4, 0.5) is 35.2 Å². The SMILES string of the molecule is Nc1cc(N)nc(N)n1.Nc1cc(N)nc(N)n1. The van der Waals surface area contributed by atoms with E-state index in [2.05, 4.69) is 19.9 Å². The first-order valence-electron chi connectivity index (χ1n) is 4.68. The Morgan fingerprint density at radius 1 is 0.500 bits per heavy atom. The summed E-state index contributed by atoms with van der Waals surface area (Å²) in [4.78, 5) is 14.4. The molecular formula is C8H14N10. The van der Waals surface area contributed by atoms with Crippen molar-refractivity contribution in [2.75, 3.05) is 34.4 Å². The van der Waals surface area contributed by atoms with Crippen LogP contribution < -0.4 is 34.4 Å². The summed E-state index contributed by atoms with van der Waals surface area (Å²) in [6.07, 6.45) is 0. The standard InChI is InChI=1S/2C4H7N5/c2*5-2-1-3(6)9-4(7)8-2/h2*1H,(H6,5,6,7,8,9). The normalized spacial score (nSPS) is 9.33. The number of anilines is 6. The fourth-order valence-electron chi connectivity index (χ4n) is 1.01. The van der Waals surface area contributed by atoms with Gasteiger partial charge in [-0.15, -0.1) is 0 Å². The van der Waals surface area contributed by atoms with Crippen LogP contribution in [0.1, 0.15) is 0 Å². The van der Waals surface area contributed by atoms with Gasteiger partial charge in [-0.1, -0.05) is 0 Å². The topological polar surface area (TPSA) is 208 Å². The van der Waals surface area contributed by atoms with Gasteiger partial charge in [0.2, 0.25) is 11.9 Å². The first-order valence-corrected chi connectivity index (χ1v) is 4.68. The molecule has 0 saturated carbocycles. The Balaban J connectivity index is 0.000000180. The Morgan fingerprint density at radius 2 is 0.722 bits per heavy atom. The van der Waals surface area contributed by atoms with Crippen LogP contribution in [0.15, 0.2) is 12.1 Å². The third-order valence-electron chi connectivity index (χ3n) is 1.57. The van der Waals surface area contributed by atoms with Crippen molar-refractivity contribution in [1.82, 2.24) is 19.9 Å². The van der Waals surface area contributed by atoms with Gasteiger partial charge < -0.3 is 34.4 Å². The predicted molar refractivity (Wildman–Crippen MR) is 70.5 cm³/mol. The number of nitrogen functional groups attached to an aromatic ring is 6. The van der Waals surface area contributed by atoms with Crippen molar-refractivity contribution in [3.63, 3.8) is 0 Å². The molecule has 2 aromatic heterocycles. The van der Waals surface area contributed by atoms with Crippen molar-refractivity contribution in [3.8, 4) is 0 Å². The molecule has 0 spiro atoms. The molecule has 0 fully saturated rings. The van der Waals surface area contributed by atoms with Crippen molar-refractivity contribution in [3.05, 3.63) is 12.1 Å². The summed E-state index contributed by atoms with van der Waals surface area (Å²) in [5.74, 6) is 1.38. The monoisotopic (exact) mass is 250 g/mol. The summed E-state index contributed by atoms with van der Waals surface area (Å²) < 4.78 is 0. The van der Waals surface area contributed by atoms with Crippen LogP contribution in [-0.4, -0.2) is 19.9 Å². The van der Waals surface area contributed by atoms with Crippen LogP contribution in [-0.2, 0) is 0 Å². The second kappa shape index (κ2) is 5.34. The van der Waals surface area contributed by atoms with E-state index in [1.54, 1.807) is 0 Å². The summed E-state index contributed by atoms with van der Waals surface area (Å²) in [5.41, 5.74) is 31.3. The third-order valence-corrected chi connectivity index (χ3v) is 1.57. The van der Waals surface area contributed by atoms with E-state index in [1.165, 1.54) is 12.1 Å². The average molecular weight is 250 g/mol. The lowest BCUT2D eigenvalue weighted by Gasteiger charge is -1.94. The highest BCUT2D eigenvalue weighted by Gasteiger charge is 1.93. The number of hydrogen-bond acceptors (Lipinski definition) is 10. The Hall–Kier alpha value is -3.04. The molecule has 0 unspecified atom stereocenters. The van der Waals surface area contributed by atoms with E-state index >= 15 is 0 Å². The number of nitrogens with zero attached hydrogens (tertiary/aromatic N) is 4. The molecule has 0 aliphatic rings. The van der Waals surface area contributed by atoms with Gasteiger partial charge in [0.25, 0.3) is 0 Å². The van der Waals surface area contributed by atoms with Crippen molar-refractivity contribution < 1.29 is 0 Å². The number of rotatable bonds is 0. The van der Waals surface area contributed by atoms with Gasteiger partial charge in [-0.25, -0.2) is 0 Å². The Bertz CT molecular complexity index is 389. The fourth-order valence-corrected chi connectivity index (χ4v) is 1.01. The van der Waals surface area contributed by atoms with Crippen molar-refractivity contribution in [1.29, 1.82) is 0 Å². The van der Waals surface area contributed by atoms with E-state index in [1.807, 2.05) is 0 Å². The second-order valence-electron chi connectivity index (χ2n) is 3.15. The van der Waals surface area contributed by atoms with Gasteiger partial charge in [0, 0.05) is 12.1 Å². The highest BCUT2D eigenvalue weighted by atomic mass is 15.1. The average Bonchev–Trinajstić information content (AvgIpc) is 2.12. The predicted octanol–water partition coefficient (Wildman–Crippen LogP) is -1.55. The van der Waals surface area contributed by atoms with Crippen LogP contribution in [0.25, 0.3) is 0 Å². The van der Waals surface area contributed by atoms with Crippen LogP contribution in [0, 0.1) is 0 Å². The Kier molecular flexibility index (Phi) is 3.86. The Labute approximate surface area is 102 Å². The lowest BCUT2D eigenvalue weighted by molar-refractivity contribution is 1.20. The molecule has 12 N–H and O–H groups in total. The minimum absolute atomic E-state index is 0.104. The smallest absolute Gasteiger partial charge is 0.223 e. The number of nitrogens with two attached hydrogens (primary N) is 6. The van der Waals surface area contributed by atoms with Crippen LogP contribution in [0.5, 0.6) is 0 Å². The van der Waals surface area contributed by atoms with Gasteiger partial charge in [-0.3, -0.25) is 0 Å². The first kappa shape index (κ1) is 13.0. The number of aromatic nitrogens is 4. The van der Waals surface area contributed by atoms with Crippen molar-refractivity contribution in [2.24, 2.45) is 0 Å². The zero-order valence-corrected chi connectivity index (χ0v) is 9.41. The van der Waals surface area contributed by atoms with Gasteiger partial charge in [-0.2, -0.15) is 19.9 Å². The van der Waals surface area contributed by atoms with Gasteiger partial charge in [0.15, 0.2) is 0 Å². The van der Waals surface area contributed by atoms with Crippen LogP contribution >= 0.6 is 0 Å². The van der Waals surface area contributed by atoms with E-state index in [-0.39, 0.29) is 11.9 Å². The molecule has 0 radical (unpaired) electrons. The van der Waals surface area contributed by atoms with Crippen LogP contribution in [0.3, 0.4) is 0 Å². The molecule has 2 aromatic rings. The first-order chi connectivity index (χ1) is 8.36. The maximum atomic E-state index is 5.25. The summed E-state index contributed by atoms with van der Waals surface area (Å²) in [5, 5.41) is 0. The fraction of sp³-hybridized carbons (Fsp3) is 0. The molecule has 2 heterocycles. The molecule has 0 aromatic carbocycles. The molecule has 0 saturated heterocycles. The molecule has 0 amide bonds. The Morgan fingerprint density at radius 3 is 0.889 bits per heavy atom. The highest BCUT2D eigenvalue weighted by molar-refractivity contribution is 5.45. The van der Waals surface area contributed by atoms with Gasteiger partial charge >= 0.3 is 0 Å². The molecule has 10 heteroatoms. The summed E-state index contributed by atoms with van der Waals surface area (Å²) in [6, 6.07) is 2.88. The molecule has 0 bridgehead atoms. The zero-order chi connectivity index (χ0) is 13.7. The summed E-state index contributed by atoms with van der Waals surface area (Å²) in [7, 11) is 0. The van der Waals surface area contributed by atoms with E-state index in [9.17, 15) is 0 Å². The largest absolute Gasteiger partial charge is 0.383 e. The third kappa shape index (κ3) is 4.22. The molecule has 10 nitrogen and oxygen atoms in total. The van der Waals surface area contributed by atoms with Gasteiger partial charge in [0.05, 0.1) is 0 Å². The maximum absolute atomic E-state index is 5.25. The molecule has 0 atom stereocenters. The molecule has 2 rings (SSSR count). The molecule has 0 aliphatic heterocycles. The van der Waals surface area contributed by atoms with Gasteiger partial charge in [-0.05, 0) is 0 Å². The van der Waals surface area contributed by atoms with E-state index in [4.69, 9.17) is 34.4 Å². The maximum Gasteiger partial charge on any atom is 0.223 e. The summed E-state index contributed by atoms with van der Waals surface area (Å²) in [6.45, 7) is 0. The summed E-state index contributed by atoms with van der Waals surface area (Å²) >= 11 is 0. The second-order valence-corrected chi connectivity index (χ2v) is 3.15. The highest BCUT2D eigenvalue weighted by Crippen LogP contribution is 2.04. The molecule has 96 valence electrons. The molecular weight excluding hydrogens is 236 g/mol. The zero-order valence-electron chi connectivity index (χ0n) is 9.41. The van der Waals surface area contributed by atoms with E-state index in [0.29, 0.717) is 23.3 Å². The minimum Gasteiger partial charge on any atom is -0.383 e. The van der Waals surface area contributed by atoms with Crippen molar-refractivity contribution >= 4 is 35.2 Å². The lowest BCUT2D eigenvalue weighted by atomic mass is 10.5. The quantitative estimate of drug-likeness (QED) is 0.317. The van der Waals surface area contributed by atoms with E-state index < -0.39 is 0 Å². The van der Waals surface area contributed by atoms with Crippen LogP contribution in [0.2, 0.25) is 0 Å². The van der Waals surface area contributed by atoms with E-state index in [0.717, 1.165) is 0 Å². The molecule has 0 aliphatic carbocycles.